The molecule has 160 valence electrons. The Labute approximate surface area is 183 Å². The highest BCUT2D eigenvalue weighted by atomic mass is 32.1. The number of methoxy groups -OCH3 is 2. The lowest BCUT2D eigenvalue weighted by Crippen LogP contribution is -2.11. The first-order chi connectivity index (χ1) is 15.0. The minimum atomic E-state index is -0.353. The fourth-order valence-corrected chi connectivity index (χ4v) is 4.00. The Bertz CT molecular complexity index is 1240. The number of thiazole rings is 1. The third-order valence-corrected chi connectivity index (χ3v) is 5.59. The lowest BCUT2D eigenvalue weighted by atomic mass is 10.1. The number of benzene rings is 2. The summed E-state index contributed by atoms with van der Waals surface area (Å²) in [6, 6.07) is 11.0. The number of rotatable bonds is 7. The van der Waals surface area contributed by atoms with Gasteiger partial charge in [-0.15, -0.1) is 11.3 Å². The summed E-state index contributed by atoms with van der Waals surface area (Å²) in [5.74, 6) is 1.97. The first-order valence-corrected chi connectivity index (χ1v) is 10.6. The standard InChI is InChI=1S/C23H22N2O5S/c1-5-29-15-7-9-19-17(10-15)13(2)21(30-19)22(26)25-23-24-18(12-31-23)16-8-6-14(27-3)11-20(16)28-4/h6-12H,5H2,1-4H3,(H,24,25,26). The maximum absolute atomic E-state index is 12.9. The third kappa shape index (κ3) is 4.06. The molecule has 2 heterocycles. The predicted molar refractivity (Wildman–Crippen MR) is 121 cm³/mol. The van der Waals surface area contributed by atoms with E-state index in [2.05, 4.69) is 10.3 Å². The molecule has 1 N–H and O–H groups in total. The highest BCUT2D eigenvalue weighted by Gasteiger charge is 2.20. The highest BCUT2D eigenvalue weighted by Crippen LogP contribution is 2.35. The second-order valence-corrected chi connectivity index (χ2v) is 7.56. The molecule has 0 aliphatic rings. The van der Waals surface area contributed by atoms with E-state index in [4.69, 9.17) is 18.6 Å². The lowest BCUT2D eigenvalue weighted by molar-refractivity contribution is 0.0998. The average Bonchev–Trinajstić information content (AvgIpc) is 3.38. The van der Waals surface area contributed by atoms with Gasteiger partial charge in [0.1, 0.15) is 22.8 Å². The van der Waals surface area contributed by atoms with Crippen molar-refractivity contribution in [2.24, 2.45) is 0 Å². The minimum Gasteiger partial charge on any atom is -0.497 e. The van der Waals surface area contributed by atoms with E-state index >= 15 is 0 Å². The van der Waals surface area contributed by atoms with Gasteiger partial charge in [0.05, 0.1) is 26.5 Å². The molecule has 2 aromatic heterocycles. The van der Waals surface area contributed by atoms with Crippen LogP contribution in [-0.4, -0.2) is 31.7 Å². The Balaban J connectivity index is 1.58. The summed E-state index contributed by atoms with van der Waals surface area (Å²) >= 11 is 1.33. The molecule has 0 saturated carbocycles. The van der Waals surface area contributed by atoms with Crippen LogP contribution in [0.4, 0.5) is 5.13 Å². The van der Waals surface area contributed by atoms with Crippen LogP contribution in [0.15, 0.2) is 46.2 Å². The van der Waals surface area contributed by atoms with Gasteiger partial charge in [0.15, 0.2) is 10.9 Å². The van der Waals surface area contributed by atoms with E-state index in [1.54, 1.807) is 20.3 Å². The zero-order valence-electron chi connectivity index (χ0n) is 17.6. The fourth-order valence-electron chi connectivity index (χ4n) is 3.29. The van der Waals surface area contributed by atoms with E-state index in [-0.39, 0.29) is 11.7 Å². The van der Waals surface area contributed by atoms with Crippen LogP contribution < -0.4 is 19.5 Å². The van der Waals surface area contributed by atoms with E-state index in [1.807, 2.05) is 49.6 Å². The molecule has 0 fully saturated rings. The summed E-state index contributed by atoms with van der Waals surface area (Å²) in [7, 11) is 3.19. The molecule has 31 heavy (non-hydrogen) atoms. The monoisotopic (exact) mass is 438 g/mol. The molecule has 0 bridgehead atoms. The zero-order valence-corrected chi connectivity index (χ0v) is 18.5. The van der Waals surface area contributed by atoms with Crippen molar-refractivity contribution in [1.29, 1.82) is 0 Å². The molecule has 4 aromatic rings. The molecule has 1 amide bonds. The summed E-state index contributed by atoms with van der Waals surface area (Å²) in [6.45, 7) is 4.35. The molecule has 8 heteroatoms. The fraction of sp³-hybridized carbons (Fsp3) is 0.217. The number of nitrogens with one attached hydrogen (secondary N) is 1. The van der Waals surface area contributed by atoms with Gasteiger partial charge in [-0.25, -0.2) is 4.98 Å². The number of anilines is 1. The van der Waals surface area contributed by atoms with Gasteiger partial charge in [0.25, 0.3) is 5.91 Å². The van der Waals surface area contributed by atoms with Gasteiger partial charge in [0.2, 0.25) is 0 Å². The lowest BCUT2D eigenvalue weighted by Gasteiger charge is -2.08. The maximum Gasteiger partial charge on any atom is 0.293 e. The van der Waals surface area contributed by atoms with E-state index < -0.39 is 0 Å². The number of carbonyl (C=O) groups excluding carboxylic acids is 1. The van der Waals surface area contributed by atoms with Crippen LogP contribution in [0.1, 0.15) is 23.0 Å². The largest absolute Gasteiger partial charge is 0.497 e. The number of aromatic nitrogens is 1. The Kier molecular flexibility index (Phi) is 5.81. The van der Waals surface area contributed by atoms with Gasteiger partial charge >= 0.3 is 0 Å². The molecular weight excluding hydrogens is 416 g/mol. The Morgan fingerprint density at radius 1 is 1.13 bits per heavy atom. The predicted octanol–water partition coefficient (Wildman–Crippen LogP) is 5.53. The van der Waals surface area contributed by atoms with Gasteiger partial charge in [-0.1, -0.05) is 0 Å². The van der Waals surface area contributed by atoms with Crippen LogP contribution >= 0.6 is 11.3 Å². The molecular formula is C23H22N2O5S. The molecule has 0 unspecified atom stereocenters. The molecule has 0 saturated heterocycles. The third-order valence-electron chi connectivity index (χ3n) is 4.83. The van der Waals surface area contributed by atoms with Crippen LogP contribution in [0.2, 0.25) is 0 Å². The average molecular weight is 439 g/mol. The van der Waals surface area contributed by atoms with Crippen molar-refractivity contribution in [3.8, 4) is 28.5 Å². The summed E-state index contributed by atoms with van der Waals surface area (Å²) in [6.07, 6.45) is 0. The first-order valence-electron chi connectivity index (χ1n) is 9.69. The van der Waals surface area contributed by atoms with Crippen LogP contribution in [0.5, 0.6) is 17.2 Å². The summed E-state index contributed by atoms with van der Waals surface area (Å²) in [5, 5.41) is 6.00. The summed E-state index contributed by atoms with van der Waals surface area (Å²) in [5.41, 5.74) is 2.89. The number of hydrogen-bond donors (Lipinski definition) is 1. The van der Waals surface area contributed by atoms with Gasteiger partial charge in [-0.05, 0) is 44.2 Å². The van der Waals surface area contributed by atoms with Gasteiger partial charge < -0.3 is 18.6 Å². The molecule has 0 atom stereocenters. The summed E-state index contributed by atoms with van der Waals surface area (Å²) < 4.78 is 22.0. The summed E-state index contributed by atoms with van der Waals surface area (Å²) in [4.78, 5) is 17.4. The second kappa shape index (κ2) is 8.69. The second-order valence-electron chi connectivity index (χ2n) is 6.71. The van der Waals surface area contributed by atoms with E-state index in [0.29, 0.717) is 34.5 Å². The van der Waals surface area contributed by atoms with Crippen molar-refractivity contribution in [2.75, 3.05) is 26.1 Å². The van der Waals surface area contributed by atoms with Crippen LogP contribution in [-0.2, 0) is 0 Å². The topological polar surface area (TPSA) is 82.8 Å². The number of aryl methyl sites for hydroxylation is 1. The molecule has 0 aliphatic carbocycles. The van der Waals surface area contributed by atoms with E-state index in [0.717, 1.165) is 22.3 Å². The molecule has 0 spiro atoms. The van der Waals surface area contributed by atoms with Crippen LogP contribution in [0.25, 0.3) is 22.2 Å². The van der Waals surface area contributed by atoms with Gasteiger partial charge in [0, 0.05) is 28.0 Å². The zero-order chi connectivity index (χ0) is 22.0. The van der Waals surface area contributed by atoms with Crippen LogP contribution in [0.3, 0.4) is 0 Å². The number of nitrogens with zero attached hydrogens (tertiary/aromatic N) is 1. The number of hydrogen-bond acceptors (Lipinski definition) is 7. The van der Waals surface area contributed by atoms with Crippen molar-refractivity contribution in [3.63, 3.8) is 0 Å². The Hall–Kier alpha value is -3.52. The number of fused-ring (bicyclic) bond motifs is 1. The van der Waals surface area contributed by atoms with Gasteiger partial charge in [-0.3, -0.25) is 10.1 Å². The molecule has 0 aliphatic heterocycles. The molecule has 7 nitrogen and oxygen atoms in total. The van der Waals surface area contributed by atoms with Crippen molar-refractivity contribution in [1.82, 2.24) is 4.98 Å². The van der Waals surface area contributed by atoms with Crippen molar-refractivity contribution >= 4 is 33.3 Å². The first kappa shape index (κ1) is 20.7. The normalized spacial score (nSPS) is 10.8. The van der Waals surface area contributed by atoms with E-state index in [9.17, 15) is 4.79 Å². The smallest absolute Gasteiger partial charge is 0.293 e. The molecule has 2 aromatic carbocycles. The quantitative estimate of drug-likeness (QED) is 0.408. The molecule has 4 rings (SSSR count). The highest BCUT2D eigenvalue weighted by molar-refractivity contribution is 7.14. The van der Waals surface area contributed by atoms with Gasteiger partial charge in [-0.2, -0.15) is 0 Å². The van der Waals surface area contributed by atoms with Crippen molar-refractivity contribution in [3.05, 3.63) is 53.1 Å². The van der Waals surface area contributed by atoms with Crippen LogP contribution in [0, 0.1) is 6.92 Å². The number of furan rings is 1. The Morgan fingerprint density at radius 2 is 1.94 bits per heavy atom. The number of ether oxygens (including phenoxy) is 3. The minimum absolute atomic E-state index is 0.252. The Morgan fingerprint density at radius 3 is 2.68 bits per heavy atom. The maximum atomic E-state index is 12.9. The van der Waals surface area contributed by atoms with Crippen molar-refractivity contribution in [2.45, 2.75) is 13.8 Å². The molecule has 0 radical (unpaired) electrons. The van der Waals surface area contributed by atoms with Crippen molar-refractivity contribution < 1.29 is 23.4 Å². The number of amides is 1. The number of carbonyl (C=O) groups is 1. The van der Waals surface area contributed by atoms with E-state index in [1.165, 1.54) is 11.3 Å². The SMILES string of the molecule is CCOc1ccc2oc(C(=O)Nc3nc(-c4ccc(OC)cc4OC)cs3)c(C)c2c1.